The number of ether oxygens (including phenoxy) is 1. The van der Waals surface area contributed by atoms with Gasteiger partial charge in [-0.1, -0.05) is 6.92 Å². The van der Waals surface area contributed by atoms with Crippen LogP contribution in [-0.4, -0.2) is 61.1 Å². The number of aliphatic hydroxyl groups excluding tert-OH is 1. The van der Waals surface area contributed by atoms with E-state index in [-0.39, 0.29) is 12.0 Å². The summed E-state index contributed by atoms with van der Waals surface area (Å²) in [7, 11) is 0. The number of carbonyl (C=O) groups is 1. The zero-order chi connectivity index (χ0) is 27.4. The van der Waals surface area contributed by atoms with E-state index in [0.29, 0.717) is 48.9 Å². The number of nitrogens with one attached hydrogen (secondary N) is 1. The summed E-state index contributed by atoms with van der Waals surface area (Å²) in [6.45, 7) is 6.88. The van der Waals surface area contributed by atoms with Crippen molar-refractivity contribution >= 4 is 28.6 Å². The number of carbonyl (C=O) groups excluding carboxylic acids is 1. The minimum absolute atomic E-state index is 0.231. The molecule has 208 valence electrons. The number of anilines is 2. The van der Waals surface area contributed by atoms with Crippen molar-refractivity contribution in [3.63, 3.8) is 0 Å². The van der Waals surface area contributed by atoms with Gasteiger partial charge in [0.05, 0.1) is 47.2 Å². The molecule has 4 aromatic rings. The number of aromatic nitrogens is 5. The molecule has 2 N–H and O–H groups in total. The normalized spacial score (nSPS) is 21.8. The second kappa shape index (κ2) is 9.92. The average Bonchev–Trinajstić information content (AvgIpc) is 3.40. The molecule has 2 bridgehead atoms. The molecular formula is C30H35N7O3. The van der Waals surface area contributed by atoms with Crippen LogP contribution in [0.3, 0.4) is 0 Å². The smallest absolute Gasteiger partial charge is 0.258 e. The molecule has 2 fully saturated rings. The molecule has 1 amide bonds. The van der Waals surface area contributed by atoms with Crippen molar-refractivity contribution in [1.29, 1.82) is 0 Å². The molecular weight excluding hydrogens is 506 g/mol. The van der Waals surface area contributed by atoms with Crippen LogP contribution in [0.2, 0.25) is 0 Å². The standard InChI is InChI=1S/C30H35N7O3/c1-18-4-3-11-40-29-24(15-31-37(29)21-5-6-21)26-13-20(12-19(2)32-26)28(39)34-30-33-25-8-7-22(14-27(25)36(30)16-18)35-10-9-23(38)17-35/h7-8,12-15,18,21,23,38H,3-6,9-11,16-17H2,1-2H3,(H,33,34,39)/t18-,23+/m1/s1. The Morgan fingerprint density at radius 3 is 2.75 bits per heavy atom. The number of rotatable bonds is 2. The van der Waals surface area contributed by atoms with Gasteiger partial charge < -0.3 is 19.3 Å². The zero-order valence-corrected chi connectivity index (χ0v) is 23.0. The quantitative estimate of drug-likeness (QED) is 0.383. The van der Waals surface area contributed by atoms with E-state index in [1.54, 1.807) is 6.07 Å². The predicted octanol–water partition coefficient (Wildman–Crippen LogP) is 4.57. The van der Waals surface area contributed by atoms with Crippen LogP contribution in [0, 0.1) is 12.8 Å². The molecule has 5 heterocycles. The third-order valence-electron chi connectivity index (χ3n) is 8.19. The van der Waals surface area contributed by atoms with E-state index < -0.39 is 0 Å². The van der Waals surface area contributed by atoms with Crippen LogP contribution in [0.1, 0.15) is 61.1 Å². The Kier molecular flexibility index (Phi) is 6.22. The molecule has 3 aromatic heterocycles. The molecule has 40 heavy (non-hydrogen) atoms. The van der Waals surface area contributed by atoms with Crippen molar-refractivity contribution in [2.45, 2.75) is 64.6 Å². The van der Waals surface area contributed by atoms with E-state index in [4.69, 9.17) is 14.7 Å². The highest BCUT2D eigenvalue weighted by Gasteiger charge is 2.30. The van der Waals surface area contributed by atoms with Crippen molar-refractivity contribution in [3.8, 4) is 17.1 Å². The molecule has 7 rings (SSSR count). The van der Waals surface area contributed by atoms with E-state index in [9.17, 15) is 9.90 Å². The van der Waals surface area contributed by atoms with Gasteiger partial charge in [-0.2, -0.15) is 5.10 Å². The van der Waals surface area contributed by atoms with Gasteiger partial charge in [0.25, 0.3) is 5.91 Å². The van der Waals surface area contributed by atoms with Gasteiger partial charge in [-0.25, -0.2) is 9.67 Å². The molecule has 3 aliphatic rings. The van der Waals surface area contributed by atoms with E-state index in [0.717, 1.165) is 72.5 Å². The Balaban J connectivity index is 1.29. The van der Waals surface area contributed by atoms with Crippen molar-refractivity contribution in [2.24, 2.45) is 5.92 Å². The first-order valence-corrected chi connectivity index (χ1v) is 14.4. The van der Waals surface area contributed by atoms with Crippen LogP contribution >= 0.6 is 0 Å². The lowest BCUT2D eigenvalue weighted by Gasteiger charge is -2.19. The monoisotopic (exact) mass is 541 g/mol. The van der Waals surface area contributed by atoms with Crippen LogP contribution in [0.25, 0.3) is 22.3 Å². The molecule has 1 aromatic carbocycles. The molecule has 0 unspecified atom stereocenters. The lowest BCUT2D eigenvalue weighted by atomic mass is 10.1. The number of imidazole rings is 1. The van der Waals surface area contributed by atoms with Crippen LogP contribution < -0.4 is 15.0 Å². The van der Waals surface area contributed by atoms with E-state index in [2.05, 4.69) is 32.9 Å². The summed E-state index contributed by atoms with van der Waals surface area (Å²) in [6.07, 6.45) is 6.35. The van der Waals surface area contributed by atoms with Crippen molar-refractivity contribution in [3.05, 3.63) is 47.8 Å². The minimum Gasteiger partial charge on any atom is -0.477 e. The third-order valence-corrected chi connectivity index (χ3v) is 8.19. The first-order valence-electron chi connectivity index (χ1n) is 14.4. The fourth-order valence-electron chi connectivity index (χ4n) is 5.93. The topological polar surface area (TPSA) is 110 Å². The second-order valence-corrected chi connectivity index (χ2v) is 11.6. The van der Waals surface area contributed by atoms with Crippen LogP contribution in [0.4, 0.5) is 11.6 Å². The SMILES string of the molecule is Cc1cc2cc(n1)-c1cnn(C3CC3)c1OCCC[C@@H](C)Cn1c(nc3ccc(N4CC[C@H](O)C4)cc31)NC2=O. The molecule has 10 nitrogen and oxygen atoms in total. The minimum atomic E-state index is -0.299. The number of benzene rings is 1. The number of aliphatic hydroxyl groups is 1. The number of pyridine rings is 1. The summed E-state index contributed by atoms with van der Waals surface area (Å²) in [5, 5.41) is 17.8. The number of hydrogen-bond donors (Lipinski definition) is 2. The van der Waals surface area contributed by atoms with Gasteiger partial charge >= 0.3 is 0 Å². The Morgan fingerprint density at radius 2 is 1.95 bits per heavy atom. The lowest BCUT2D eigenvalue weighted by molar-refractivity contribution is 0.102. The molecule has 1 saturated heterocycles. The first-order chi connectivity index (χ1) is 19.4. The highest BCUT2D eigenvalue weighted by molar-refractivity contribution is 6.05. The Hall–Kier alpha value is -3.92. The largest absolute Gasteiger partial charge is 0.477 e. The summed E-state index contributed by atoms with van der Waals surface area (Å²) >= 11 is 0. The molecule has 1 aliphatic carbocycles. The third kappa shape index (κ3) is 4.70. The molecule has 2 aliphatic heterocycles. The highest BCUT2D eigenvalue weighted by Crippen LogP contribution is 2.41. The molecule has 10 heteroatoms. The second-order valence-electron chi connectivity index (χ2n) is 11.6. The summed E-state index contributed by atoms with van der Waals surface area (Å²) in [4.78, 5) is 25.5. The fraction of sp³-hybridized carbons (Fsp3) is 0.467. The fourth-order valence-corrected chi connectivity index (χ4v) is 5.93. The van der Waals surface area contributed by atoms with Gasteiger partial charge in [0.2, 0.25) is 11.8 Å². The van der Waals surface area contributed by atoms with Crippen LogP contribution in [0.15, 0.2) is 36.5 Å². The summed E-state index contributed by atoms with van der Waals surface area (Å²) in [6, 6.07) is 10.2. The van der Waals surface area contributed by atoms with Crippen molar-refractivity contribution in [1.82, 2.24) is 24.3 Å². The molecule has 2 atom stereocenters. The van der Waals surface area contributed by atoms with E-state index >= 15 is 0 Å². The van der Waals surface area contributed by atoms with Crippen molar-refractivity contribution in [2.75, 3.05) is 29.9 Å². The van der Waals surface area contributed by atoms with Gasteiger partial charge in [-0.05, 0) is 75.3 Å². The van der Waals surface area contributed by atoms with E-state index in [1.165, 1.54) is 0 Å². The maximum absolute atomic E-state index is 13.7. The van der Waals surface area contributed by atoms with Gasteiger partial charge in [-0.3, -0.25) is 15.1 Å². The van der Waals surface area contributed by atoms with Crippen LogP contribution in [0.5, 0.6) is 5.88 Å². The number of β-amino-alcohol motifs (C(OH)–C–C–N with tert-alkyl or cyclic N) is 1. The maximum Gasteiger partial charge on any atom is 0.258 e. The highest BCUT2D eigenvalue weighted by atomic mass is 16.5. The number of fused-ring (bicyclic) bond motifs is 7. The first kappa shape index (κ1) is 25.1. The maximum atomic E-state index is 13.7. The Morgan fingerprint density at radius 1 is 1.07 bits per heavy atom. The Bertz CT molecular complexity index is 1590. The number of nitrogens with zero attached hydrogens (tertiary/aromatic N) is 6. The Labute approximate surface area is 233 Å². The average molecular weight is 542 g/mol. The summed E-state index contributed by atoms with van der Waals surface area (Å²) in [5.74, 6) is 1.38. The van der Waals surface area contributed by atoms with Gasteiger partial charge in [0.15, 0.2) is 0 Å². The van der Waals surface area contributed by atoms with E-state index in [1.807, 2.05) is 36.0 Å². The number of hydrogen-bond acceptors (Lipinski definition) is 7. The summed E-state index contributed by atoms with van der Waals surface area (Å²) in [5.41, 5.74) is 5.63. The van der Waals surface area contributed by atoms with Crippen molar-refractivity contribution < 1.29 is 14.6 Å². The number of aryl methyl sites for hydroxylation is 1. The van der Waals surface area contributed by atoms with Crippen LogP contribution in [-0.2, 0) is 6.54 Å². The summed E-state index contributed by atoms with van der Waals surface area (Å²) < 4.78 is 10.5. The molecule has 0 radical (unpaired) electrons. The predicted molar refractivity (Wildman–Crippen MR) is 153 cm³/mol. The van der Waals surface area contributed by atoms with Gasteiger partial charge in [0, 0.05) is 36.6 Å². The lowest BCUT2D eigenvalue weighted by Crippen LogP contribution is -2.21. The number of amides is 1. The molecule has 1 saturated carbocycles. The zero-order valence-electron chi connectivity index (χ0n) is 23.0. The van der Waals surface area contributed by atoms with Gasteiger partial charge in [-0.15, -0.1) is 0 Å². The molecule has 0 spiro atoms. The van der Waals surface area contributed by atoms with Gasteiger partial charge in [0.1, 0.15) is 0 Å².